The predicted octanol–water partition coefficient (Wildman–Crippen LogP) is 1.26. The number of halogens is 3. The number of aromatic nitrogens is 2. The summed E-state index contributed by atoms with van der Waals surface area (Å²) in [6.07, 6.45) is -4.94. The second kappa shape index (κ2) is 12.8. The molecule has 3 rings (SSSR count). The Kier molecular flexibility index (Phi) is 10.0. The highest BCUT2D eigenvalue weighted by Crippen LogP contribution is 2.30. The molecule has 1 aliphatic rings. The van der Waals surface area contributed by atoms with Crippen LogP contribution in [0.3, 0.4) is 0 Å². The average Bonchev–Trinajstić information content (AvgIpc) is 3.23. The third-order valence-corrected chi connectivity index (χ3v) is 5.19. The van der Waals surface area contributed by atoms with E-state index in [4.69, 9.17) is 30.6 Å². The van der Waals surface area contributed by atoms with E-state index in [1.54, 1.807) is 19.1 Å². The molecule has 1 saturated heterocycles. The monoisotopic (exact) mass is 544 g/mol. The Morgan fingerprint density at radius 3 is 2.50 bits per heavy atom. The zero-order valence-corrected chi connectivity index (χ0v) is 19.7. The zero-order chi connectivity index (χ0) is 28.6. The van der Waals surface area contributed by atoms with Gasteiger partial charge in [0.25, 0.3) is 5.56 Å². The smallest absolute Gasteiger partial charge is 0.490 e. The van der Waals surface area contributed by atoms with E-state index < -0.39 is 53.8 Å². The molecule has 5 N–H and O–H groups in total. The van der Waals surface area contributed by atoms with E-state index in [0.717, 1.165) is 5.56 Å². The number of carboxylic acid groups (broad SMARTS) is 1. The van der Waals surface area contributed by atoms with E-state index in [1.807, 2.05) is 0 Å². The maximum absolute atomic E-state index is 12.3. The molecule has 1 fully saturated rings. The largest absolute Gasteiger partial charge is 0.508 e. The van der Waals surface area contributed by atoms with Crippen LogP contribution in [-0.4, -0.2) is 62.7 Å². The van der Waals surface area contributed by atoms with Gasteiger partial charge in [0.2, 0.25) is 0 Å². The van der Waals surface area contributed by atoms with Gasteiger partial charge in [-0.3, -0.25) is 19.1 Å². The van der Waals surface area contributed by atoms with Crippen molar-refractivity contribution in [3.63, 3.8) is 0 Å². The minimum absolute atomic E-state index is 0.105. The van der Waals surface area contributed by atoms with Gasteiger partial charge in [0.05, 0.1) is 6.04 Å². The van der Waals surface area contributed by atoms with E-state index in [-0.39, 0.29) is 25.2 Å². The van der Waals surface area contributed by atoms with E-state index in [0.29, 0.717) is 5.56 Å². The van der Waals surface area contributed by atoms with Gasteiger partial charge >= 0.3 is 23.8 Å². The van der Waals surface area contributed by atoms with Crippen LogP contribution in [0, 0.1) is 6.92 Å². The molecular weight excluding hydrogens is 521 g/mol. The van der Waals surface area contributed by atoms with Crippen LogP contribution in [-0.2, 0) is 25.5 Å². The molecule has 1 aromatic carbocycles. The van der Waals surface area contributed by atoms with Crippen molar-refractivity contribution in [3.8, 4) is 5.75 Å². The fourth-order valence-corrected chi connectivity index (χ4v) is 3.26. The standard InChI is InChI=1S/C19H22N6O6.C2HF3O2/c1-10-8-25(19(29)22-17(10)27)16-7-14(23-24-21)15(31-16)9-30-18(28)13(20)6-11-2-4-12(26)5-3-11;3-2(4,5)1(6)7/h2-5,8,13-16,26H,6-7,9,20H2,1H3,(H,22,27,29);(H,6,7)/t13?,14-,15+,16+;/m0./s1. The Labute approximate surface area is 211 Å². The Balaban J connectivity index is 0.000000638. The van der Waals surface area contributed by atoms with Crippen LogP contribution >= 0.6 is 0 Å². The van der Waals surface area contributed by atoms with Gasteiger partial charge in [-0.2, -0.15) is 13.2 Å². The number of hydrogen-bond donors (Lipinski definition) is 4. The summed E-state index contributed by atoms with van der Waals surface area (Å²) in [4.78, 5) is 49.8. The van der Waals surface area contributed by atoms with E-state index >= 15 is 0 Å². The zero-order valence-electron chi connectivity index (χ0n) is 19.7. The number of H-pyrrole nitrogens is 1. The number of nitrogens with one attached hydrogen (secondary N) is 1. The Hall–Kier alpha value is -4.34. The summed E-state index contributed by atoms with van der Waals surface area (Å²) in [7, 11) is 0. The van der Waals surface area contributed by atoms with E-state index in [2.05, 4.69) is 15.0 Å². The molecule has 38 heavy (non-hydrogen) atoms. The van der Waals surface area contributed by atoms with E-state index in [1.165, 1.54) is 22.9 Å². The summed E-state index contributed by atoms with van der Waals surface area (Å²) < 4.78 is 44.0. The van der Waals surface area contributed by atoms with Crippen LogP contribution < -0.4 is 17.0 Å². The summed E-state index contributed by atoms with van der Waals surface area (Å²) in [5, 5.41) is 20.1. The predicted molar refractivity (Wildman–Crippen MR) is 122 cm³/mol. The summed E-state index contributed by atoms with van der Waals surface area (Å²) in [6.45, 7) is 1.32. The molecule has 0 aliphatic carbocycles. The topological polar surface area (TPSA) is 223 Å². The molecule has 0 spiro atoms. The molecule has 0 radical (unpaired) electrons. The number of aromatic amines is 1. The lowest BCUT2D eigenvalue weighted by atomic mass is 10.1. The van der Waals surface area contributed by atoms with Crippen LogP contribution in [0.25, 0.3) is 10.4 Å². The van der Waals surface area contributed by atoms with Crippen LogP contribution in [0.2, 0.25) is 0 Å². The molecular formula is C21H23F3N6O8. The number of alkyl halides is 3. The lowest BCUT2D eigenvalue weighted by Gasteiger charge is -2.18. The molecule has 1 unspecified atom stereocenters. The first kappa shape index (κ1) is 29.9. The molecule has 0 amide bonds. The van der Waals surface area contributed by atoms with Crippen molar-refractivity contribution >= 4 is 11.9 Å². The molecule has 14 nitrogen and oxygen atoms in total. The summed E-state index contributed by atoms with van der Waals surface area (Å²) in [5.41, 5.74) is 14.6. The minimum Gasteiger partial charge on any atom is -0.508 e. The van der Waals surface area contributed by atoms with Gasteiger partial charge in [0, 0.05) is 23.1 Å². The lowest BCUT2D eigenvalue weighted by molar-refractivity contribution is -0.192. The van der Waals surface area contributed by atoms with Crippen molar-refractivity contribution in [2.24, 2.45) is 10.8 Å². The Morgan fingerprint density at radius 1 is 1.34 bits per heavy atom. The maximum atomic E-state index is 12.3. The number of aromatic hydroxyl groups is 1. The van der Waals surface area contributed by atoms with Crippen molar-refractivity contribution in [2.45, 2.75) is 50.4 Å². The number of phenolic OH excluding ortho intramolecular Hbond substituents is 1. The third-order valence-electron chi connectivity index (χ3n) is 5.19. The number of carboxylic acids is 1. The summed E-state index contributed by atoms with van der Waals surface area (Å²) in [6, 6.07) is 4.65. The normalized spacial score (nSPS) is 19.4. The molecule has 17 heteroatoms. The fourth-order valence-electron chi connectivity index (χ4n) is 3.26. The number of nitrogens with zero attached hydrogens (tertiary/aromatic N) is 4. The van der Waals surface area contributed by atoms with Gasteiger partial charge in [-0.1, -0.05) is 17.2 Å². The van der Waals surface area contributed by atoms with Gasteiger partial charge in [-0.25, -0.2) is 9.59 Å². The minimum atomic E-state index is -5.08. The lowest BCUT2D eigenvalue weighted by Crippen LogP contribution is -2.37. The Bertz CT molecular complexity index is 1300. The van der Waals surface area contributed by atoms with Crippen molar-refractivity contribution in [2.75, 3.05) is 6.61 Å². The number of aliphatic carboxylic acids is 1. The highest BCUT2D eigenvalue weighted by Gasteiger charge is 2.38. The quantitative estimate of drug-likeness (QED) is 0.170. The second-order valence-electron chi connectivity index (χ2n) is 8.03. The number of phenols is 1. The van der Waals surface area contributed by atoms with Crippen molar-refractivity contribution in [1.82, 2.24) is 9.55 Å². The van der Waals surface area contributed by atoms with E-state index in [9.17, 15) is 32.7 Å². The first-order valence-electron chi connectivity index (χ1n) is 10.7. The molecule has 1 aromatic heterocycles. The van der Waals surface area contributed by atoms with Crippen molar-refractivity contribution in [1.29, 1.82) is 0 Å². The van der Waals surface area contributed by atoms with Crippen LogP contribution in [0.4, 0.5) is 13.2 Å². The number of rotatable bonds is 7. The molecule has 1 aliphatic heterocycles. The first-order valence-corrected chi connectivity index (χ1v) is 10.7. The van der Waals surface area contributed by atoms with Crippen molar-refractivity contribution < 1.29 is 42.4 Å². The highest BCUT2D eigenvalue weighted by molar-refractivity contribution is 5.76. The number of benzene rings is 1. The molecule has 0 bridgehead atoms. The van der Waals surface area contributed by atoms with Gasteiger partial charge < -0.3 is 25.4 Å². The number of carbonyl (C=O) groups excluding carboxylic acids is 1. The summed E-state index contributed by atoms with van der Waals surface area (Å²) in [5.74, 6) is -3.32. The van der Waals surface area contributed by atoms with Crippen LogP contribution in [0.1, 0.15) is 23.8 Å². The number of aryl methyl sites for hydroxylation is 1. The Morgan fingerprint density at radius 2 is 1.95 bits per heavy atom. The number of ether oxygens (including phenoxy) is 2. The second-order valence-corrected chi connectivity index (χ2v) is 8.03. The number of hydrogen-bond acceptors (Lipinski definition) is 9. The third kappa shape index (κ3) is 8.36. The van der Waals surface area contributed by atoms with Gasteiger partial charge in [-0.05, 0) is 36.6 Å². The van der Waals surface area contributed by atoms with Gasteiger partial charge in [0.1, 0.15) is 30.7 Å². The van der Waals surface area contributed by atoms with Crippen LogP contribution in [0.5, 0.6) is 5.75 Å². The molecule has 4 atom stereocenters. The molecule has 206 valence electrons. The molecule has 0 saturated carbocycles. The SMILES string of the molecule is Cc1cn([C@H]2C[C@H](N=[N+]=[N-])[C@@H](COC(=O)C(N)Cc3ccc(O)cc3)O2)c(=O)[nH]c1=O.O=C(O)C(F)(F)F. The number of esters is 1. The first-order chi connectivity index (χ1) is 17.7. The average molecular weight is 544 g/mol. The molecule has 2 heterocycles. The van der Waals surface area contributed by atoms with Gasteiger partial charge in [0.15, 0.2) is 0 Å². The number of carbonyl (C=O) groups is 2. The number of azide groups is 1. The number of nitrogens with two attached hydrogens (primary N) is 1. The fraction of sp³-hybridized carbons (Fsp3) is 0.429. The van der Waals surface area contributed by atoms with Crippen LogP contribution in [0.15, 0.2) is 45.2 Å². The van der Waals surface area contributed by atoms with Crippen molar-refractivity contribution in [3.05, 3.63) is 72.9 Å². The highest BCUT2D eigenvalue weighted by atomic mass is 19.4. The van der Waals surface area contributed by atoms with Gasteiger partial charge in [-0.15, -0.1) is 0 Å². The molecule has 2 aromatic rings. The maximum Gasteiger partial charge on any atom is 0.490 e. The summed E-state index contributed by atoms with van der Waals surface area (Å²) >= 11 is 0.